The second-order valence-electron chi connectivity index (χ2n) is 5.23. The molecule has 0 aliphatic heterocycles. The standard InChI is InChI=1S/C16H32/c1-4-6-8-9-10-11-12-13-15-16(3)14-7-5-2/h5,16H,2,4,6-15H2,1,3H3. The van der Waals surface area contributed by atoms with Gasteiger partial charge in [0.1, 0.15) is 0 Å². The molecule has 0 rings (SSSR count). The minimum absolute atomic E-state index is 0.901. The highest BCUT2D eigenvalue weighted by atomic mass is 14.1. The van der Waals surface area contributed by atoms with E-state index in [2.05, 4.69) is 20.4 Å². The summed E-state index contributed by atoms with van der Waals surface area (Å²) < 4.78 is 0. The second-order valence-corrected chi connectivity index (χ2v) is 5.23. The van der Waals surface area contributed by atoms with Crippen molar-refractivity contribution in [3.8, 4) is 0 Å². The normalized spacial score (nSPS) is 12.6. The summed E-state index contributed by atoms with van der Waals surface area (Å²) in [5.41, 5.74) is 0. The van der Waals surface area contributed by atoms with Crippen LogP contribution in [0, 0.1) is 5.92 Å². The van der Waals surface area contributed by atoms with Crippen molar-refractivity contribution in [2.45, 2.75) is 84.5 Å². The predicted octanol–water partition coefficient (Wildman–Crippen LogP) is 6.12. The van der Waals surface area contributed by atoms with Gasteiger partial charge in [-0.2, -0.15) is 0 Å². The van der Waals surface area contributed by atoms with Crippen LogP contribution in [0.4, 0.5) is 0 Å². The Morgan fingerprint density at radius 3 is 2.00 bits per heavy atom. The van der Waals surface area contributed by atoms with Crippen molar-refractivity contribution >= 4 is 0 Å². The van der Waals surface area contributed by atoms with Crippen LogP contribution in [-0.4, -0.2) is 0 Å². The lowest BCUT2D eigenvalue weighted by Gasteiger charge is -2.09. The van der Waals surface area contributed by atoms with Gasteiger partial charge in [0.2, 0.25) is 0 Å². The van der Waals surface area contributed by atoms with E-state index in [0.29, 0.717) is 0 Å². The van der Waals surface area contributed by atoms with Crippen molar-refractivity contribution in [3.05, 3.63) is 12.7 Å². The number of hydrogen-bond acceptors (Lipinski definition) is 0. The monoisotopic (exact) mass is 224 g/mol. The molecule has 0 aromatic heterocycles. The maximum atomic E-state index is 3.78. The molecule has 0 nitrogen and oxygen atoms in total. The highest BCUT2D eigenvalue weighted by Gasteiger charge is 2.00. The molecule has 0 spiro atoms. The van der Waals surface area contributed by atoms with E-state index in [1.807, 2.05) is 6.08 Å². The summed E-state index contributed by atoms with van der Waals surface area (Å²) in [7, 11) is 0. The summed E-state index contributed by atoms with van der Waals surface area (Å²) in [5, 5.41) is 0. The molecule has 0 aromatic carbocycles. The molecule has 0 bridgehead atoms. The third-order valence-electron chi connectivity index (χ3n) is 3.41. The van der Waals surface area contributed by atoms with E-state index in [1.165, 1.54) is 70.6 Å². The lowest BCUT2D eigenvalue weighted by atomic mass is 9.97. The fourth-order valence-electron chi connectivity index (χ4n) is 2.17. The van der Waals surface area contributed by atoms with Crippen molar-refractivity contribution in [2.75, 3.05) is 0 Å². The first kappa shape index (κ1) is 15.7. The van der Waals surface area contributed by atoms with Crippen molar-refractivity contribution in [3.63, 3.8) is 0 Å². The molecule has 1 atom stereocenters. The average molecular weight is 224 g/mol. The van der Waals surface area contributed by atoms with Crippen LogP contribution in [0.2, 0.25) is 0 Å². The van der Waals surface area contributed by atoms with Crippen molar-refractivity contribution in [1.82, 2.24) is 0 Å². The molecule has 0 N–H and O–H groups in total. The van der Waals surface area contributed by atoms with E-state index < -0.39 is 0 Å². The smallest absolute Gasteiger partial charge is 0.0351 e. The predicted molar refractivity (Wildman–Crippen MR) is 75.8 cm³/mol. The van der Waals surface area contributed by atoms with E-state index in [-0.39, 0.29) is 0 Å². The Bertz CT molecular complexity index is 137. The van der Waals surface area contributed by atoms with Crippen LogP contribution in [-0.2, 0) is 0 Å². The van der Waals surface area contributed by atoms with E-state index in [1.54, 1.807) is 0 Å². The quantitative estimate of drug-likeness (QED) is 0.277. The Labute approximate surface area is 104 Å². The van der Waals surface area contributed by atoms with Crippen LogP contribution in [0.25, 0.3) is 0 Å². The van der Waals surface area contributed by atoms with Gasteiger partial charge in [-0.05, 0) is 18.8 Å². The number of unbranched alkanes of at least 4 members (excludes halogenated alkanes) is 7. The molecule has 16 heavy (non-hydrogen) atoms. The van der Waals surface area contributed by atoms with Gasteiger partial charge in [-0.3, -0.25) is 0 Å². The van der Waals surface area contributed by atoms with Crippen LogP contribution >= 0.6 is 0 Å². The van der Waals surface area contributed by atoms with Gasteiger partial charge in [0.15, 0.2) is 0 Å². The van der Waals surface area contributed by atoms with E-state index in [4.69, 9.17) is 0 Å². The Balaban J connectivity index is 3.05. The molecule has 0 heteroatoms. The molecular weight excluding hydrogens is 192 g/mol. The molecule has 0 saturated carbocycles. The number of hydrogen-bond donors (Lipinski definition) is 0. The topological polar surface area (TPSA) is 0 Å². The Kier molecular flexibility index (Phi) is 12.6. The SMILES string of the molecule is C=CCCC(C)CCCCCCCCCC. The van der Waals surface area contributed by atoms with E-state index in [9.17, 15) is 0 Å². The molecule has 0 fully saturated rings. The van der Waals surface area contributed by atoms with Gasteiger partial charge in [0.05, 0.1) is 0 Å². The summed E-state index contributed by atoms with van der Waals surface area (Å²) in [6, 6.07) is 0. The van der Waals surface area contributed by atoms with Crippen LogP contribution in [0.3, 0.4) is 0 Å². The van der Waals surface area contributed by atoms with Crippen LogP contribution in [0.15, 0.2) is 12.7 Å². The van der Waals surface area contributed by atoms with Crippen molar-refractivity contribution in [1.29, 1.82) is 0 Å². The lowest BCUT2D eigenvalue weighted by molar-refractivity contribution is 0.457. The molecule has 1 unspecified atom stereocenters. The maximum Gasteiger partial charge on any atom is -0.0351 e. The molecule has 0 aliphatic rings. The van der Waals surface area contributed by atoms with Gasteiger partial charge in [-0.1, -0.05) is 77.7 Å². The number of rotatable bonds is 12. The highest BCUT2D eigenvalue weighted by molar-refractivity contribution is 4.68. The molecule has 0 aromatic rings. The Morgan fingerprint density at radius 2 is 1.44 bits per heavy atom. The highest BCUT2D eigenvalue weighted by Crippen LogP contribution is 2.16. The summed E-state index contributed by atoms with van der Waals surface area (Å²) in [6.07, 6.45) is 17.5. The molecule has 0 aliphatic carbocycles. The maximum absolute atomic E-state index is 3.78. The van der Waals surface area contributed by atoms with Crippen LogP contribution in [0.1, 0.15) is 84.5 Å². The average Bonchev–Trinajstić information content (AvgIpc) is 2.30. The number of allylic oxidation sites excluding steroid dienone is 1. The largest absolute Gasteiger partial charge is 0.103 e. The molecule has 0 amide bonds. The molecule has 0 radical (unpaired) electrons. The van der Waals surface area contributed by atoms with E-state index in [0.717, 1.165) is 5.92 Å². The summed E-state index contributed by atoms with van der Waals surface area (Å²) in [5.74, 6) is 0.901. The fourth-order valence-corrected chi connectivity index (χ4v) is 2.17. The Morgan fingerprint density at radius 1 is 0.875 bits per heavy atom. The Hall–Kier alpha value is -0.260. The molecule has 0 saturated heterocycles. The first-order valence-corrected chi connectivity index (χ1v) is 7.42. The van der Waals surface area contributed by atoms with Gasteiger partial charge >= 0.3 is 0 Å². The third kappa shape index (κ3) is 11.8. The molecule has 96 valence electrons. The van der Waals surface area contributed by atoms with E-state index >= 15 is 0 Å². The second kappa shape index (κ2) is 12.8. The van der Waals surface area contributed by atoms with Gasteiger partial charge in [0.25, 0.3) is 0 Å². The molecular formula is C16H32. The van der Waals surface area contributed by atoms with Crippen LogP contribution in [0.5, 0.6) is 0 Å². The summed E-state index contributed by atoms with van der Waals surface area (Å²) >= 11 is 0. The first-order valence-electron chi connectivity index (χ1n) is 7.42. The first-order chi connectivity index (χ1) is 7.81. The lowest BCUT2D eigenvalue weighted by Crippen LogP contribution is -1.93. The van der Waals surface area contributed by atoms with Gasteiger partial charge < -0.3 is 0 Å². The fraction of sp³-hybridized carbons (Fsp3) is 0.875. The minimum Gasteiger partial charge on any atom is -0.103 e. The summed E-state index contributed by atoms with van der Waals surface area (Å²) in [4.78, 5) is 0. The van der Waals surface area contributed by atoms with Gasteiger partial charge in [-0.25, -0.2) is 0 Å². The minimum atomic E-state index is 0.901. The third-order valence-corrected chi connectivity index (χ3v) is 3.41. The molecule has 0 heterocycles. The van der Waals surface area contributed by atoms with Crippen molar-refractivity contribution < 1.29 is 0 Å². The van der Waals surface area contributed by atoms with Crippen molar-refractivity contribution in [2.24, 2.45) is 5.92 Å². The zero-order chi connectivity index (χ0) is 12.1. The van der Waals surface area contributed by atoms with Gasteiger partial charge in [-0.15, -0.1) is 6.58 Å². The summed E-state index contributed by atoms with van der Waals surface area (Å²) in [6.45, 7) is 8.44. The zero-order valence-electron chi connectivity index (χ0n) is 11.6. The van der Waals surface area contributed by atoms with Crippen LogP contribution < -0.4 is 0 Å². The zero-order valence-corrected chi connectivity index (χ0v) is 11.6. The van der Waals surface area contributed by atoms with Gasteiger partial charge in [0, 0.05) is 0 Å².